The summed E-state index contributed by atoms with van der Waals surface area (Å²) in [6.45, 7) is 2.44. The van der Waals surface area contributed by atoms with Crippen molar-refractivity contribution in [2.75, 3.05) is 11.5 Å². The van der Waals surface area contributed by atoms with Crippen molar-refractivity contribution in [2.24, 2.45) is 0 Å². The summed E-state index contributed by atoms with van der Waals surface area (Å²) in [6.07, 6.45) is 0.877. The van der Waals surface area contributed by atoms with Gasteiger partial charge in [0.05, 0.1) is 18.0 Å². The van der Waals surface area contributed by atoms with Crippen LogP contribution in [0.15, 0.2) is 48.5 Å². The number of carboxylic acid groups (broad SMARTS) is 1. The van der Waals surface area contributed by atoms with Gasteiger partial charge in [0.15, 0.2) is 0 Å². The third-order valence-electron chi connectivity index (χ3n) is 3.37. The van der Waals surface area contributed by atoms with E-state index in [1.807, 2.05) is 49.4 Å². The molecule has 1 heterocycles. The number of carbonyl (C=O) groups is 1. The Morgan fingerprint density at radius 1 is 1.10 bits per heavy atom. The van der Waals surface area contributed by atoms with Crippen molar-refractivity contribution in [3.05, 3.63) is 59.7 Å². The van der Waals surface area contributed by atoms with E-state index in [2.05, 4.69) is 0 Å². The molecule has 21 heavy (non-hydrogen) atoms. The van der Waals surface area contributed by atoms with E-state index in [-0.39, 0.29) is 0 Å². The number of hydrogen-bond donors (Lipinski definition) is 1. The summed E-state index contributed by atoms with van der Waals surface area (Å²) in [5.74, 6) is 0.685. The molecule has 4 nitrogen and oxygen atoms in total. The van der Waals surface area contributed by atoms with Crippen LogP contribution in [-0.4, -0.2) is 17.8 Å². The van der Waals surface area contributed by atoms with Gasteiger partial charge in [0.1, 0.15) is 5.76 Å². The Bertz CT molecular complexity index is 721. The third kappa shape index (κ3) is 2.25. The molecule has 0 saturated heterocycles. The molecule has 0 aliphatic carbocycles. The average molecular weight is 281 g/mol. The van der Waals surface area contributed by atoms with E-state index in [0.717, 1.165) is 11.1 Å². The summed E-state index contributed by atoms with van der Waals surface area (Å²) in [6, 6.07) is 14.8. The minimum atomic E-state index is -1.01. The van der Waals surface area contributed by atoms with E-state index in [0.29, 0.717) is 23.7 Å². The molecule has 0 radical (unpaired) electrons. The Hall–Kier alpha value is -2.75. The van der Waals surface area contributed by atoms with Crippen LogP contribution < -0.4 is 4.90 Å². The first kappa shape index (κ1) is 13.2. The normalized spacial score (nSPS) is 12.8. The Labute approximate surface area is 122 Å². The fraction of sp³-hybridized carbons (Fsp3) is 0.118. The molecular weight excluding hydrogens is 266 g/mol. The monoisotopic (exact) mass is 281 g/mol. The molecule has 1 N–H and O–H groups in total. The Morgan fingerprint density at radius 3 is 2.48 bits per heavy atom. The zero-order chi connectivity index (χ0) is 14.8. The van der Waals surface area contributed by atoms with Gasteiger partial charge in [0.25, 0.3) is 0 Å². The predicted octanol–water partition coefficient (Wildman–Crippen LogP) is 4.35. The van der Waals surface area contributed by atoms with Crippen molar-refractivity contribution in [3.63, 3.8) is 0 Å². The molecule has 2 aromatic carbocycles. The van der Waals surface area contributed by atoms with Gasteiger partial charge in [-0.1, -0.05) is 30.3 Å². The van der Waals surface area contributed by atoms with Crippen LogP contribution >= 0.6 is 0 Å². The molecule has 1 amide bonds. The number of amides is 1. The van der Waals surface area contributed by atoms with Gasteiger partial charge in [-0.2, -0.15) is 0 Å². The van der Waals surface area contributed by atoms with E-state index >= 15 is 0 Å². The molecule has 1 aliphatic heterocycles. The smallest absolute Gasteiger partial charge is 0.416 e. The third-order valence-corrected chi connectivity index (χ3v) is 3.37. The zero-order valence-corrected chi connectivity index (χ0v) is 11.6. The number of nitrogens with zero attached hydrogens (tertiary/aromatic N) is 1. The molecule has 3 rings (SSSR count). The highest BCUT2D eigenvalue weighted by molar-refractivity contribution is 6.04. The van der Waals surface area contributed by atoms with Crippen molar-refractivity contribution in [1.82, 2.24) is 0 Å². The van der Waals surface area contributed by atoms with Gasteiger partial charge in [-0.15, -0.1) is 0 Å². The van der Waals surface area contributed by atoms with E-state index < -0.39 is 6.09 Å². The number of ether oxygens (including phenoxy) is 1. The van der Waals surface area contributed by atoms with Crippen LogP contribution in [0.5, 0.6) is 0 Å². The Balaban J connectivity index is 2.31. The van der Waals surface area contributed by atoms with Crippen LogP contribution in [0.3, 0.4) is 0 Å². The molecule has 0 unspecified atom stereocenters. The largest absolute Gasteiger partial charge is 0.493 e. The van der Waals surface area contributed by atoms with Gasteiger partial charge in [0, 0.05) is 11.1 Å². The number of rotatable bonds is 2. The molecule has 1 aliphatic rings. The van der Waals surface area contributed by atoms with Gasteiger partial charge in [0.2, 0.25) is 0 Å². The first-order valence-corrected chi connectivity index (χ1v) is 6.78. The molecule has 0 bridgehead atoms. The maximum Gasteiger partial charge on any atom is 0.416 e. The standard InChI is InChI=1S/C17H15NO3/c1-2-21-16-11-12-7-3-5-9-14(12)18(17(19)20)15-10-6-4-8-13(15)16/h3-11H,2H2,1H3,(H,19,20). The molecule has 0 spiro atoms. The highest BCUT2D eigenvalue weighted by Crippen LogP contribution is 2.39. The minimum absolute atomic E-state index is 0.523. The summed E-state index contributed by atoms with van der Waals surface area (Å²) >= 11 is 0. The lowest BCUT2D eigenvalue weighted by Gasteiger charge is -2.21. The molecule has 2 aromatic rings. The van der Waals surface area contributed by atoms with Crippen LogP contribution in [-0.2, 0) is 4.74 Å². The first-order chi connectivity index (χ1) is 10.2. The molecule has 0 atom stereocenters. The Kier molecular flexibility index (Phi) is 3.36. The number of para-hydroxylation sites is 2. The second-order valence-electron chi connectivity index (χ2n) is 4.64. The number of benzene rings is 2. The quantitative estimate of drug-likeness (QED) is 0.890. The van der Waals surface area contributed by atoms with Crippen molar-refractivity contribution in [3.8, 4) is 0 Å². The number of anilines is 2. The predicted molar refractivity (Wildman–Crippen MR) is 82.5 cm³/mol. The summed E-state index contributed by atoms with van der Waals surface area (Å²) in [4.78, 5) is 13.1. The van der Waals surface area contributed by atoms with Crippen molar-refractivity contribution >= 4 is 29.3 Å². The lowest BCUT2D eigenvalue weighted by atomic mass is 10.1. The van der Waals surface area contributed by atoms with Gasteiger partial charge < -0.3 is 9.84 Å². The van der Waals surface area contributed by atoms with Gasteiger partial charge in [-0.05, 0) is 31.2 Å². The summed E-state index contributed by atoms with van der Waals surface area (Å²) < 4.78 is 5.72. The summed E-state index contributed by atoms with van der Waals surface area (Å²) in [7, 11) is 0. The SMILES string of the molecule is CCOC1=Cc2ccccc2N(C(=O)O)c2ccccc21. The van der Waals surface area contributed by atoms with Crippen LogP contribution in [0.1, 0.15) is 18.1 Å². The maximum atomic E-state index is 11.8. The second-order valence-corrected chi connectivity index (χ2v) is 4.64. The minimum Gasteiger partial charge on any atom is -0.493 e. The van der Waals surface area contributed by atoms with Gasteiger partial charge in [-0.3, -0.25) is 0 Å². The lowest BCUT2D eigenvalue weighted by Crippen LogP contribution is -2.24. The van der Waals surface area contributed by atoms with E-state index in [1.165, 1.54) is 4.90 Å². The van der Waals surface area contributed by atoms with Crippen molar-refractivity contribution in [2.45, 2.75) is 6.92 Å². The van der Waals surface area contributed by atoms with E-state index in [1.54, 1.807) is 12.1 Å². The van der Waals surface area contributed by atoms with Crippen molar-refractivity contribution < 1.29 is 14.6 Å². The molecule has 0 aromatic heterocycles. The molecule has 0 saturated carbocycles. The van der Waals surface area contributed by atoms with E-state index in [9.17, 15) is 9.90 Å². The first-order valence-electron chi connectivity index (χ1n) is 6.78. The topological polar surface area (TPSA) is 49.8 Å². The lowest BCUT2D eigenvalue weighted by molar-refractivity contribution is 0.205. The van der Waals surface area contributed by atoms with Crippen LogP contribution in [0.2, 0.25) is 0 Å². The molecule has 4 heteroatoms. The number of hydrogen-bond acceptors (Lipinski definition) is 2. The van der Waals surface area contributed by atoms with Crippen LogP contribution in [0.4, 0.5) is 16.2 Å². The highest BCUT2D eigenvalue weighted by atomic mass is 16.5. The van der Waals surface area contributed by atoms with Crippen molar-refractivity contribution in [1.29, 1.82) is 0 Å². The van der Waals surface area contributed by atoms with Crippen LogP contribution in [0, 0.1) is 0 Å². The summed E-state index contributed by atoms with van der Waals surface area (Å²) in [5.41, 5.74) is 2.83. The maximum absolute atomic E-state index is 11.8. The highest BCUT2D eigenvalue weighted by Gasteiger charge is 2.26. The summed E-state index contributed by atoms with van der Waals surface area (Å²) in [5, 5.41) is 9.63. The second kappa shape index (κ2) is 5.32. The molecular formula is C17H15NO3. The molecule has 106 valence electrons. The zero-order valence-electron chi connectivity index (χ0n) is 11.6. The van der Waals surface area contributed by atoms with Gasteiger partial charge >= 0.3 is 6.09 Å². The fourth-order valence-corrected chi connectivity index (χ4v) is 2.52. The number of fused-ring (bicyclic) bond motifs is 2. The molecule has 0 fully saturated rings. The van der Waals surface area contributed by atoms with Crippen LogP contribution in [0.25, 0.3) is 11.8 Å². The van der Waals surface area contributed by atoms with Gasteiger partial charge in [-0.25, -0.2) is 9.69 Å². The Morgan fingerprint density at radius 2 is 1.76 bits per heavy atom. The average Bonchev–Trinajstić information content (AvgIpc) is 2.62. The fourth-order valence-electron chi connectivity index (χ4n) is 2.52. The van der Waals surface area contributed by atoms with E-state index in [4.69, 9.17) is 4.74 Å².